The molecule has 9 heteroatoms. The second kappa shape index (κ2) is 12.6. The number of fused-ring (bicyclic) bond motifs is 1. The van der Waals surface area contributed by atoms with Crippen LogP contribution in [0.3, 0.4) is 0 Å². The number of aromatic nitrogens is 1. The van der Waals surface area contributed by atoms with Gasteiger partial charge in [-0.15, -0.1) is 13.2 Å². The number of rotatable bonds is 10. The van der Waals surface area contributed by atoms with E-state index >= 15 is 0 Å². The van der Waals surface area contributed by atoms with E-state index in [1.165, 1.54) is 23.3 Å². The minimum atomic E-state index is -4.71. The Morgan fingerprint density at radius 2 is 1.60 bits per heavy atom. The van der Waals surface area contributed by atoms with E-state index in [0.717, 1.165) is 85.7 Å². The molecule has 0 unspecified atom stereocenters. The molecule has 1 aliphatic rings. The summed E-state index contributed by atoms with van der Waals surface area (Å²) in [5, 5.41) is 1.91. The molecule has 212 valence electrons. The highest BCUT2D eigenvalue weighted by Crippen LogP contribution is 2.34. The molecule has 2 N–H and O–H groups in total. The molecule has 5 nitrogen and oxygen atoms in total. The average Bonchev–Trinajstić information content (AvgIpc) is 3.29. The summed E-state index contributed by atoms with van der Waals surface area (Å²) < 4.78 is 44.1. The van der Waals surface area contributed by atoms with Gasteiger partial charge in [-0.2, -0.15) is 0 Å². The van der Waals surface area contributed by atoms with Gasteiger partial charge in [-0.05, 0) is 66.4 Å². The number of halogens is 4. The Morgan fingerprint density at radius 3 is 2.30 bits per heavy atom. The molecule has 4 aromatic rings. The van der Waals surface area contributed by atoms with E-state index in [0.29, 0.717) is 6.54 Å². The third-order valence-electron chi connectivity index (χ3n) is 7.47. The van der Waals surface area contributed by atoms with E-state index in [-0.39, 0.29) is 5.75 Å². The zero-order valence-corrected chi connectivity index (χ0v) is 23.1. The number of hydrogen-bond donors (Lipinski definition) is 1. The van der Waals surface area contributed by atoms with Gasteiger partial charge < -0.3 is 19.9 Å². The maximum absolute atomic E-state index is 12.6. The first-order valence-electron chi connectivity index (χ1n) is 13.7. The van der Waals surface area contributed by atoms with Crippen molar-refractivity contribution >= 4 is 22.5 Å². The molecule has 1 aliphatic heterocycles. The topological polar surface area (TPSA) is 46.7 Å². The van der Waals surface area contributed by atoms with Crippen LogP contribution in [-0.4, -0.2) is 60.0 Å². The number of benzene rings is 3. The molecule has 2 heterocycles. The summed E-state index contributed by atoms with van der Waals surface area (Å²) in [6.45, 7) is 7.21. The van der Waals surface area contributed by atoms with Gasteiger partial charge in [0.05, 0.1) is 0 Å². The SMILES string of the molecule is NCCCn1cc(-c2ccc(OC(F)(F)F)cc2)c2cc(CN3CCN(CCc4ccccc4Cl)CC3)ccc21. The average molecular weight is 571 g/mol. The van der Waals surface area contributed by atoms with Gasteiger partial charge in [0.2, 0.25) is 0 Å². The van der Waals surface area contributed by atoms with Crippen molar-refractivity contribution < 1.29 is 17.9 Å². The Labute approximate surface area is 237 Å². The molecule has 0 amide bonds. The first-order valence-corrected chi connectivity index (χ1v) is 14.0. The van der Waals surface area contributed by atoms with Crippen molar-refractivity contribution in [2.45, 2.75) is 32.3 Å². The van der Waals surface area contributed by atoms with Crippen molar-refractivity contribution in [3.8, 4) is 16.9 Å². The number of nitrogens with zero attached hydrogens (tertiary/aromatic N) is 3. The van der Waals surface area contributed by atoms with Crippen LogP contribution < -0.4 is 10.5 Å². The van der Waals surface area contributed by atoms with Crippen LogP contribution in [0.25, 0.3) is 22.0 Å². The van der Waals surface area contributed by atoms with E-state index < -0.39 is 6.36 Å². The number of ether oxygens (including phenoxy) is 1. The fourth-order valence-corrected chi connectivity index (χ4v) is 5.59. The van der Waals surface area contributed by atoms with Crippen molar-refractivity contribution in [1.82, 2.24) is 14.4 Å². The van der Waals surface area contributed by atoms with Crippen molar-refractivity contribution in [3.05, 3.63) is 89.1 Å². The molecular weight excluding hydrogens is 537 g/mol. The summed E-state index contributed by atoms with van der Waals surface area (Å²) in [6.07, 6.45) is -0.856. The van der Waals surface area contributed by atoms with Gasteiger partial charge in [0.15, 0.2) is 0 Å². The summed E-state index contributed by atoms with van der Waals surface area (Å²) in [7, 11) is 0. The molecule has 0 saturated carbocycles. The van der Waals surface area contributed by atoms with E-state index in [2.05, 4.69) is 49.6 Å². The Morgan fingerprint density at radius 1 is 0.875 bits per heavy atom. The van der Waals surface area contributed by atoms with Gasteiger partial charge in [-0.3, -0.25) is 4.90 Å². The second-order valence-corrected chi connectivity index (χ2v) is 10.7. The lowest BCUT2D eigenvalue weighted by Crippen LogP contribution is -2.46. The predicted octanol–water partition coefficient (Wildman–Crippen LogP) is 6.57. The summed E-state index contributed by atoms with van der Waals surface area (Å²) in [5.74, 6) is -0.227. The lowest BCUT2D eigenvalue weighted by molar-refractivity contribution is -0.274. The number of alkyl halides is 3. The first kappa shape index (κ1) is 28.5. The molecule has 1 saturated heterocycles. The predicted molar refractivity (Wildman–Crippen MR) is 155 cm³/mol. The molecular formula is C31H34ClF3N4O. The third kappa shape index (κ3) is 7.18. The van der Waals surface area contributed by atoms with Crippen LogP contribution in [0.1, 0.15) is 17.5 Å². The zero-order chi connectivity index (χ0) is 28.1. The fraction of sp³-hybridized carbons (Fsp3) is 0.355. The highest BCUT2D eigenvalue weighted by atomic mass is 35.5. The molecule has 40 heavy (non-hydrogen) atoms. The van der Waals surface area contributed by atoms with Crippen LogP contribution in [0.4, 0.5) is 13.2 Å². The Balaban J connectivity index is 1.28. The van der Waals surface area contributed by atoms with Crippen LogP contribution in [0.2, 0.25) is 5.02 Å². The summed E-state index contributed by atoms with van der Waals surface area (Å²) >= 11 is 6.32. The van der Waals surface area contributed by atoms with Gasteiger partial charge in [0.25, 0.3) is 0 Å². The Kier molecular flexibility index (Phi) is 9.00. The van der Waals surface area contributed by atoms with Crippen LogP contribution in [-0.2, 0) is 19.5 Å². The molecule has 0 aliphatic carbocycles. The normalized spacial score (nSPS) is 15.1. The number of aryl methyl sites for hydroxylation is 1. The van der Waals surface area contributed by atoms with Crippen molar-refractivity contribution in [3.63, 3.8) is 0 Å². The first-order chi connectivity index (χ1) is 19.3. The highest BCUT2D eigenvalue weighted by molar-refractivity contribution is 6.31. The lowest BCUT2D eigenvalue weighted by atomic mass is 10.0. The van der Waals surface area contributed by atoms with E-state index in [4.69, 9.17) is 17.3 Å². The maximum atomic E-state index is 12.6. The number of piperazine rings is 1. The summed E-state index contributed by atoms with van der Waals surface area (Å²) in [5.41, 5.74) is 11.1. The van der Waals surface area contributed by atoms with Crippen LogP contribution >= 0.6 is 11.6 Å². The monoisotopic (exact) mass is 570 g/mol. The standard InChI is InChI=1S/C31H34ClF3N4O/c32-29-5-2-1-4-25(29)12-15-37-16-18-38(19-17-37)21-23-6-11-30-27(20-23)28(22-39(30)14-3-13-36)24-7-9-26(10-8-24)40-31(33,34)35/h1-2,4-11,20,22H,3,12-19,21,36H2. The van der Waals surface area contributed by atoms with Gasteiger partial charge in [0.1, 0.15) is 5.75 Å². The van der Waals surface area contributed by atoms with Crippen molar-refractivity contribution in [2.24, 2.45) is 5.73 Å². The third-order valence-corrected chi connectivity index (χ3v) is 7.84. The second-order valence-electron chi connectivity index (χ2n) is 10.3. The van der Waals surface area contributed by atoms with Crippen molar-refractivity contribution in [2.75, 3.05) is 39.3 Å². The summed E-state index contributed by atoms with van der Waals surface area (Å²) in [4.78, 5) is 4.96. The van der Waals surface area contributed by atoms with E-state index in [9.17, 15) is 13.2 Å². The summed E-state index contributed by atoms with van der Waals surface area (Å²) in [6, 6.07) is 20.7. The van der Waals surface area contributed by atoms with E-state index in [1.807, 2.05) is 18.2 Å². The fourth-order valence-electron chi connectivity index (χ4n) is 5.36. The zero-order valence-electron chi connectivity index (χ0n) is 22.3. The minimum absolute atomic E-state index is 0.227. The lowest BCUT2D eigenvalue weighted by Gasteiger charge is -2.34. The minimum Gasteiger partial charge on any atom is -0.406 e. The molecule has 1 aromatic heterocycles. The highest BCUT2D eigenvalue weighted by Gasteiger charge is 2.31. The maximum Gasteiger partial charge on any atom is 0.573 e. The van der Waals surface area contributed by atoms with Gasteiger partial charge in [0, 0.05) is 73.5 Å². The number of nitrogens with two attached hydrogens (primary N) is 1. The molecule has 0 bridgehead atoms. The van der Waals surface area contributed by atoms with Crippen molar-refractivity contribution in [1.29, 1.82) is 0 Å². The quantitative estimate of drug-likeness (QED) is 0.234. The van der Waals surface area contributed by atoms with Crippen LogP contribution in [0.15, 0.2) is 72.9 Å². The van der Waals surface area contributed by atoms with Gasteiger partial charge >= 0.3 is 6.36 Å². The Bertz CT molecular complexity index is 1410. The number of hydrogen-bond acceptors (Lipinski definition) is 4. The van der Waals surface area contributed by atoms with Crippen LogP contribution in [0.5, 0.6) is 5.75 Å². The Hall–Kier alpha value is -3.04. The van der Waals surface area contributed by atoms with Crippen LogP contribution in [0, 0.1) is 0 Å². The smallest absolute Gasteiger partial charge is 0.406 e. The molecule has 0 radical (unpaired) electrons. The van der Waals surface area contributed by atoms with Gasteiger partial charge in [-0.25, -0.2) is 0 Å². The molecule has 0 atom stereocenters. The van der Waals surface area contributed by atoms with Gasteiger partial charge in [-0.1, -0.05) is 48.0 Å². The molecule has 0 spiro atoms. The largest absolute Gasteiger partial charge is 0.573 e. The molecule has 5 rings (SSSR count). The molecule has 1 fully saturated rings. The van der Waals surface area contributed by atoms with E-state index in [1.54, 1.807) is 12.1 Å². The molecule has 3 aromatic carbocycles.